The molecule has 1 heterocycles. The molecule has 0 bridgehead atoms. The highest BCUT2D eigenvalue weighted by Crippen LogP contribution is 2.39. The lowest BCUT2D eigenvalue weighted by Crippen LogP contribution is -2.20. The van der Waals surface area contributed by atoms with Crippen LogP contribution in [0.5, 0.6) is 5.75 Å². The predicted molar refractivity (Wildman–Crippen MR) is 84.6 cm³/mol. The Morgan fingerprint density at radius 1 is 1.27 bits per heavy atom. The molecule has 1 aromatic heterocycles. The summed E-state index contributed by atoms with van der Waals surface area (Å²) < 4.78 is 34.9. The molecule has 0 fully saturated rings. The maximum absolute atomic E-state index is 11.2. The van der Waals surface area contributed by atoms with Gasteiger partial charge < -0.3 is 9.30 Å². The molecule has 2 aromatic rings. The van der Waals surface area contributed by atoms with Crippen molar-refractivity contribution in [3.63, 3.8) is 0 Å². The minimum Gasteiger partial charge on any atom is -0.497 e. The third-order valence-electron chi connectivity index (χ3n) is 3.79. The van der Waals surface area contributed by atoms with E-state index in [-0.39, 0.29) is 0 Å². The number of hydrogen-bond acceptors (Lipinski definition) is 4. The van der Waals surface area contributed by atoms with Crippen molar-refractivity contribution in [3.05, 3.63) is 41.6 Å². The van der Waals surface area contributed by atoms with Crippen molar-refractivity contribution >= 4 is 10.1 Å². The summed E-state index contributed by atoms with van der Waals surface area (Å²) in [7, 11) is -1.79. The van der Waals surface area contributed by atoms with Gasteiger partial charge in [-0.2, -0.15) is 8.42 Å². The quantitative estimate of drug-likeness (QED) is 0.677. The molecule has 0 saturated heterocycles. The van der Waals surface area contributed by atoms with Crippen LogP contribution in [0.4, 0.5) is 0 Å². The molecule has 3 rings (SSSR count). The number of aromatic nitrogens is 1. The number of fused-ring (bicyclic) bond motifs is 3. The molecule has 1 aromatic carbocycles. The monoisotopic (exact) mass is 321 g/mol. The van der Waals surface area contributed by atoms with E-state index in [4.69, 9.17) is 8.92 Å². The van der Waals surface area contributed by atoms with Crippen LogP contribution >= 0.6 is 0 Å². The van der Waals surface area contributed by atoms with E-state index in [1.165, 1.54) is 11.1 Å². The van der Waals surface area contributed by atoms with E-state index in [1.54, 1.807) is 14.0 Å². The van der Waals surface area contributed by atoms with E-state index in [2.05, 4.69) is 16.7 Å². The first-order chi connectivity index (χ1) is 10.4. The van der Waals surface area contributed by atoms with E-state index in [1.807, 2.05) is 18.3 Å². The second-order valence-electron chi connectivity index (χ2n) is 5.65. The van der Waals surface area contributed by atoms with Crippen LogP contribution in [-0.2, 0) is 27.3 Å². The van der Waals surface area contributed by atoms with Gasteiger partial charge in [0.1, 0.15) is 5.75 Å². The summed E-state index contributed by atoms with van der Waals surface area (Å²) >= 11 is 0. The van der Waals surface area contributed by atoms with Crippen molar-refractivity contribution in [3.8, 4) is 17.0 Å². The maximum atomic E-state index is 11.2. The zero-order valence-electron chi connectivity index (χ0n) is 12.9. The van der Waals surface area contributed by atoms with Gasteiger partial charge in [0.2, 0.25) is 0 Å². The van der Waals surface area contributed by atoms with Crippen molar-refractivity contribution in [2.45, 2.75) is 26.0 Å². The normalized spacial score (nSPS) is 14.5. The van der Waals surface area contributed by atoms with Gasteiger partial charge in [0.15, 0.2) is 0 Å². The molecule has 1 aliphatic carbocycles. The number of rotatable bonds is 5. The fourth-order valence-electron chi connectivity index (χ4n) is 3.01. The van der Waals surface area contributed by atoms with Gasteiger partial charge in [-0.05, 0) is 36.2 Å². The lowest BCUT2D eigenvalue weighted by molar-refractivity contribution is 0.210. The largest absolute Gasteiger partial charge is 0.497 e. The second-order valence-corrected chi connectivity index (χ2v) is 7.25. The number of benzene rings is 1. The Morgan fingerprint density at radius 2 is 2.05 bits per heavy atom. The van der Waals surface area contributed by atoms with E-state index < -0.39 is 16.2 Å². The Balaban J connectivity index is 1.92. The van der Waals surface area contributed by atoms with Gasteiger partial charge in [-0.25, -0.2) is 0 Å². The van der Waals surface area contributed by atoms with Crippen LogP contribution in [-0.4, -0.2) is 32.5 Å². The van der Waals surface area contributed by atoms with Crippen LogP contribution in [0.25, 0.3) is 11.3 Å². The van der Waals surface area contributed by atoms with Crippen LogP contribution < -0.4 is 4.74 Å². The van der Waals surface area contributed by atoms with Crippen molar-refractivity contribution < 1.29 is 17.3 Å². The zero-order valence-corrected chi connectivity index (χ0v) is 13.7. The SMILES string of the molecule is COc1ccc2c(c1)-c1c(ccn1CC(C)OS(C)(=O)=O)C2. The number of nitrogens with zero attached hydrogens (tertiary/aromatic N) is 1. The van der Waals surface area contributed by atoms with Gasteiger partial charge in [-0.15, -0.1) is 0 Å². The molecular formula is C16H19NO4S. The molecule has 0 amide bonds. The summed E-state index contributed by atoms with van der Waals surface area (Å²) in [5, 5.41) is 0. The van der Waals surface area contributed by atoms with E-state index >= 15 is 0 Å². The molecule has 1 atom stereocenters. The Morgan fingerprint density at radius 3 is 2.73 bits per heavy atom. The lowest BCUT2D eigenvalue weighted by atomic mass is 10.1. The highest BCUT2D eigenvalue weighted by molar-refractivity contribution is 7.86. The van der Waals surface area contributed by atoms with E-state index in [0.29, 0.717) is 6.54 Å². The Hall–Kier alpha value is -1.79. The topological polar surface area (TPSA) is 57.5 Å². The van der Waals surface area contributed by atoms with Gasteiger partial charge in [-0.3, -0.25) is 4.18 Å². The molecule has 0 aliphatic heterocycles. The summed E-state index contributed by atoms with van der Waals surface area (Å²) in [6, 6.07) is 8.15. The molecular weight excluding hydrogens is 302 g/mol. The van der Waals surface area contributed by atoms with Gasteiger partial charge in [0, 0.05) is 18.2 Å². The highest BCUT2D eigenvalue weighted by Gasteiger charge is 2.24. The Bertz CT molecular complexity index is 808. The van der Waals surface area contributed by atoms with Crippen molar-refractivity contribution in [1.82, 2.24) is 4.57 Å². The fourth-order valence-corrected chi connectivity index (χ4v) is 3.67. The predicted octanol–water partition coefficient (Wildman–Crippen LogP) is 2.43. The minimum atomic E-state index is -3.45. The molecule has 0 radical (unpaired) electrons. The summed E-state index contributed by atoms with van der Waals surface area (Å²) in [6.07, 6.45) is 3.53. The Labute approximate surface area is 130 Å². The number of ether oxygens (including phenoxy) is 1. The lowest BCUT2D eigenvalue weighted by Gasteiger charge is -2.15. The van der Waals surface area contributed by atoms with Crippen LogP contribution in [0.1, 0.15) is 18.1 Å². The third-order valence-corrected chi connectivity index (χ3v) is 4.47. The van der Waals surface area contributed by atoms with Crippen LogP contribution in [0.2, 0.25) is 0 Å². The Kier molecular flexibility index (Phi) is 3.74. The molecule has 22 heavy (non-hydrogen) atoms. The minimum absolute atomic E-state index is 0.416. The second kappa shape index (κ2) is 5.44. The summed E-state index contributed by atoms with van der Waals surface area (Å²) in [6.45, 7) is 2.24. The fraction of sp³-hybridized carbons (Fsp3) is 0.375. The van der Waals surface area contributed by atoms with Crippen LogP contribution in [0.15, 0.2) is 30.5 Å². The smallest absolute Gasteiger partial charge is 0.264 e. The van der Waals surface area contributed by atoms with Crippen molar-refractivity contribution in [1.29, 1.82) is 0 Å². The molecule has 5 nitrogen and oxygen atoms in total. The van der Waals surface area contributed by atoms with E-state index in [9.17, 15) is 8.42 Å². The average molecular weight is 321 g/mol. The van der Waals surface area contributed by atoms with Crippen molar-refractivity contribution in [2.24, 2.45) is 0 Å². The van der Waals surface area contributed by atoms with Gasteiger partial charge in [-0.1, -0.05) is 6.07 Å². The molecule has 0 spiro atoms. The summed E-state index contributed by atoms with van der Waals surface area (Å²) in [5.41, 5.74) is 4.77. The van der Waals surface area contributed by atoms with Crippen LogP contribution in [0.3, 0.4) is 0 Å². The first-order valence-electron chi connectivity index (χ1n) is 7.11. The first kappa shape index (κ1) is 15.1. The molecule has 0 saturated carbocycles. The molecule has 0 N–H and O–H groups in total. The van der Waals surface area contributed by atoms with Gasteiger partial charge in [0.25, 0.3) is 10.1 Å². The summed E-state index contributed by atoms with van der Waals surface area (Å²) in [4.78, 5) is 0. The number of hydrogen-bond donors (Lipinski definition) is 0. The first-order valence-corrected chi connectivity index (χ1v) is 8.92. The standard InChI is InChI=1S/C16H19NO4S/c1-11(21-22(3,18)19)10-17-7-6-13-8-12-4-5-14(20-2)9-15(12)16(13)17/h4-7,9,11H,8,10H2,1-3H3. The molecule has 1 unspecified atom stereocenters. The summed E-state index contributed by atoms with van der Waals surface area (Å²) in [5.74, 6) is 0.819. The van der Waals surface area contributed by atoms with Gasteiger partial charge in [0.05, 0.1) is 31.7 Å². The molecule has 6 heteroatoms. The molecule has 1 aliphatic rings. The van der Waals surface area contributed by atoms with Gasteiger partial charge >= 0.3 is 0 Å². The number of methoxy groups -OCH3 is 1. The average Bonchev–Trinajstić information content (AvgIpc) is 2.96. The zero-order chi connectivity index (χ0) is 15.9. The highest BCUT2D eigenvalue weighted by atomic mass is 32.2. The molecule has 118 valence electrons. The van der Waals surface area contributed by atoms with Crippen molar-refractivity contribution in [2.75, 3.05) is 13.4 Å². The third kappa shape index (κ3) is 2.89. The van der Waals surface area contributed by atoms with E-state index in [0.717, 1.165) is 29.7 Å². The van der Waals surface area contributed by atoms with Crippen LogP contribution in [0, 0.1) is 0 Å². The maximum Gasteiger partial charge on any atom is 0.264 e.